The van der Waals surface area contributed by atoms with Crippen LogP contribution in [0.4, 0.5) is 11.4 Å². The minimum atomic E-state index is -3.75. The Morgan fingerprint density at radius 1 is 1.33 bits per heavy atom. The standard InChI is InChI=1S/C14H17N4O2S/c1-9-14(10(2)17-16-9)21(19,20)18-12-7-3-5-11-6-4-8-15-13(11)12/h3,5,7,15H,4,6,8H2,1-2H3,(H,16,17)/q-1/p+1. The third-order valence-corrected chi connectivity index (χ3v) is 5.26. The highest BCUT2D eigenvalue weighted by molar-refractivity contribution is 7.94. The highest BCUT2D eigenvalue weighted by Crippen LogP contribution is 2.36. The number of para-hydroxylation sites is 1. The molecule has 0 atom stereocenters. The molecular formula is C14H18N4O2S. The van der Waals surface area contributed by atoms with Crippen molar-refractivity contribution in [1.82, 2.24) is 10.2 Å². The Bertz CT molecular complexity index is 761. The van der Waals surface area contributed by atoms with Gasteiger partial charge in [-0.1, -0.05) is 23.9 Å². The Balaban J connectivity index is 2.01. The van der Waals surface area contributed by atoms with Crippen molar-refractivity contribution in [2.45, 2.75) is 31.6 Å². The van der Waals surface area contributed by atoms with E-state index < -0.39 is 10.0 Å². The number of rotatable bonds is 3. The lowest BCUT2D eigenvalue weighted by Crippen LogP contribution is -2.79. The molecule has 0 spiro atoms. The third kappa shape index (κ3) is 2.54. The molecule has 2 aromatic rings. The Kier molecular flexibility index (Phi) is 3.46. The zero-order chi connectivity index (χ0) is 15.0. The van der Waals surface area contributed by atoms with E-state index in [2.05, 4.69) is 20.2 Å². The quantitative estimate of drug-likeness (QED) is 0.843. The monoisotopic (exact) mass is 306 g/mol. The van der Waals surface area contributed by atoms with Gasteiger partial charge >= 0.3 is 0 Å². The predicted molar refractivity (Wildman–Crippen MR) is 79.5 cm³/mol. The van der Waals surface area contributed by atoms with E-state index >= 15 is 0 Å². The van der Waals surface area contributed by atoms with E-state index in [-0.39, 0.29) is 4.90 Å². The van der Waals surface area contributed by atoms with E-state index in [4.69, 9.17) is 0 Å². The summed E-state index contributed by atoms with van der Waals surface area (Å²) < 4.78 is 29.1. The maximum atomic E-state index is 12.5. The molecule has 1 aliphatic rings. The van der Waals surface area contributed by atoms with Gasteiger partial charge in [-0.3, -0.25) is 5.10 Å². The van der Waals surface area contributed by atoms with Gasteiger partial charge < -0.3 is 10.0 Å². The minimum Gasteiger partial charge on any atom is -0.568 e. The molecule has 112 valence electrons. The molecule has 0 saturated carbocycles. The molecule has 0 unspecified atom stereocenters. The van der Waals surface area contributed by atoms with Crippen LogP contribution in [0.3, 0.4) is 0 Å². The Hall–Kier alpha value is -1.86. The molecule has 0 aliphatic carbocycles. The molecule has 0 bridgehead atoms. The number of quaternary nitrogens is 1. The van der Waals surface area contributed by atoms with Crippen LogP contribution in [-0.4, -0.2) is 25.2 Å². The number of fused-ring (bicyclic) bond motifs is 1. The lowest BCUT2D eigenvalue weighted by molar-refractivity contribution is -0.575. The number of nitrogens with zero attached hydrogens (tertiary/aromatic N) is 2. The highest BCUT2D eigenvalue weighted by atomic mass is 32.2. The van der Waals surface area contributed by atoms with Crippen molar-refractivity contribution in [2.75, 3.05) is 6.54 Å². The molecule has 7 heteroatoms. The van der Waals surface area contributed by atoms with Crippen molar-refractivity contribution in [3.8, 4) is 0 Å². The summed E-state index contributed by atoms with van der Waals surface area (Å²) in [6.07, 6.45) is 2.07. The van der Waals surface area contributed by atoms with E-state index in [1.54, 1.807) is 19.9 Å². The summed E-state index contributed by atoms with van der Waals surface area (Å²) >= 11 is 0. The van der Waals surface area contributed by atoms with Gasteiger partial charge in [0.15, 0.2) is 0 Å². The van der Waals surface area contributed by atoms with Crippen molar-refractivity contribution in [2.24, 2.45) is 0 Å². The number of benzene rings is 1. The maximum Gasteiger partial charge on any atom is 0.127 e. The number of sulfonamides is 1. The number of aryl methyl sites for hydroxylation is 3. The summed E-state index contributed by atoms with van der Waals surface area (Å²) in [5.41, 5.74) is 3.60. The number of hydrogen-bond acceptors (Lipinski definition) is 3. The summed E-state index contributed by atoms with van der Waals surface area (Å²) in [6.45, 7) is 4.32. The first-order valence-electron chi connectivity index (χ1n) is 6.94. The van der Waals surface area contributed by atoms with Crippen LogP contribution >= 0.6 is 0 Å². The molecule has 0 saturated heterocycles. The number of aromatic nitrogens is 2. The molecular weight excluding hydrogens is 288 g/mol. The average Bonchev–Trinajstić information content (AvgIpc) is 2.79. The lowest BCUT2D eigenvalue weighted by Gasteiger charge is -2.26. The molecule has 6 nitrogen and oxygen atoms in total. The van der Waals surface area contributed by atoms with Crippen LogP contribution in [0, 0.1) is 13.8 Å². The number of H-pyrrole nitrogens is 1. The van der Waals surface area contributed by atoms with E-state index in [0.29, 0.717) is 17.1 Å². The van der Waals surface area contributed by atoms with Crippen molar-refractivity contribution in [1.29, 1.82) is 0 Å². The first kappa shape index (κ1) is 14.1. The molecule has 1 aromatic heterocycles. The van der Waals surface area contributed by atoms with Crippen LogP contribution in [0.25, 0.3) is 4.72 Å². The Morgan fingerprint density at radius 3 is 2.86 bits per heavy atom. The first-order chi connectivity index (χ1) is 9.99. The van der Waals surface area contributed by atoms with Crippen LogP contribution < -0.4 is 5.32 Å². The number of nitrogens with two attached hydrogens (primary N) is 1. The second-order valence-electron chi connectivity index (χ2n) is 5.28. The third-order valence-electron chi connectivity index (χ3n) is 3.71. The summed E-state index contributed by atoms with van der Waals surface area (Å²) in [4.78, 5) is 0.177. The molecule has 21 heavy (non-hydrogen) atoms. The first-order valence-corrected chi connectivity index (χ1v) is 8.38. The minimum absolute atomic E-state index is 0.177. The van der Waals surface area contributed by atoms with E-state index in [9.17, 15) is 8.42 Å². The van der Waals surface area contributed by atoms with E-state index in [1.807, 2.05) is 12.1 Å². The average molecular weight is 306 g/mol. The van der Waals surface area contributed by atoms with Crippen LogP contribution in [0.15, 0.2) is 23.1 Å². The molecule has 0 amide bonds. The Labute approximate surface area is 124 Å². The van der Waals surface area contributed by atoms with Crippen molar-refractivity contribution >= 4 is 21.4 Å². The van der Waals surface area contributed by atoms with Gasteiger partial charge in [0.05, 0.1) is 17.1 Å². The van der Waals surface area contributed by atoms with Gasteiger partial charge in [-0.05, 0) is 20.3 Å². The molecule has 1 aliphatic heterocycles. The summed E-state index contributed by atoms with van der Waals surface area (Å²) in [7, 11) is -3.75. The second kappa shape index (κ2) is 5.16. The number of aromatic amines is 1. The number of nitrogens with one attached hydrogen (secondary N) is 1. The summed E-state index contributed by atoms with van der Waals surface area (Å²) in [5.74, 6) is 0. The fourth-order valence-corrected chi connectivity index (χ4v) is 4.13. The largest absolute Gasteiger partial charge is 0.568 e. The lowest BCUT2D eigenvalue weighted by atomic mass is 10.0. The van der Waals surface area contributed by atoms with Gasteiger partial charge in [0.1, 0.15) is 15.7 Å². The van der Waals surface area contributed by atoms with Crippen molar-refractivity contribution in [3.63, 3.8) is 0 Å². The predicted octanol–water partition coefficient (Wildman–Crippen LogP) is 1.56. The van der Waals surface area contributed by atoms with Gasteiger partial charge in [0.25, 0.3) is 0 Å². The fourth-order valence-electron chi connectivity index (χ4n) is 2.77. The van der Waals surface area contributed by atoms with Crippen LogP contribution in [0.1, 0.15) is 23.4 Å². The fraction of sp³-hybridized carbons (Fsp3) is 0.357. The maximum absolute atomic E-state index is 12.5. The van der Waals surface area contributed by atoms with Crippen LogP contribution in [0.2, 0.25) is 0 Å². The van der Waals surface area contributed by atoms with Gasteiger partial charge in [-0.15, -0.1) is 0 Å². The summed E-state index contributed by atoms with van der Waals surface area (Å²) in [5, 5.41) is 8.71. The van der Waals surface area contributed by atoms with E-state index in [1.165, 1.54) is 5.56 Å². The SMILES string of the molecule is Cc1n[nH]c(C)c1S(=O)(=O)[N-]c1cccc2c1[NH2+]CCC2. The zero-order valence-electron chi connectivity index (χ0n) is 12.0. The van der Waals surface area contributed by atoms with Crippen molar-refractivity contribution < 1.29 is 13.7 Å². The summed E-state index contributed by atoms with van der Waals surface area (Å²) in [6, 6.07) is 5.65. The van der Waals surface area contributed by atoms with E-state index in [0.717, 1.165) is 25.1 Å². The van der Waals surface area contributed by atoms with Gasteiger partial charge in [-0.25, -0.2) is 8.42 Å². The highest BCUT2D eigenvalue weighted by Gasteiger charge is 2.18. The Morgan fingerprint density at radius 2 is 2.14 bits per heavy atom. The topological polar surface area (TPSA) is 93.5 Å². The molecule has 2 heterocycles. The van der Waals surface area contributed by atoms with Gasteiger partial charge in [0.2, 0.25) is 0 Å². The van der Waals surface area contributed by atoms with Crippen LogP contribution in [0.5, 0.6) is 0 Å². The van der Waals surface area contributed by atoms with Gasteiger partial charge in [-0.2, -0.15) is 5.10 Å². The normalized spacial score (nSPS) is 14.8. The second-order valence-corrected chi connectivity index (χ2v) is 6.82. The molecule has 0 fully saturated rings. The smallest absolute Gasteiger partial charge is 0.127 e. The van der Waals surface area contributed by atoms with Crippen LogP contribution in [-0.2, 0) is 16.4 Å². The molecule has 0 radical (unpaired) electrons. The van der Waals surface area contributed by atoms with Crippen molar-refractivity contribution in [3.05, 3.63) is 39.9 Å². The molecule has 1 aromatic carbocycles. The molecule has 3 N–H and O–H groups in total. The number of hydrogen-bond donors (Lipinski definition) is 2. The van der Waals surface area contributed by atoms with Gasteiger partial charge in [0, 0.05) is 17.7 Å². The zero-order valence-corrected chi connectivity index (χ0v) is 12.9. The molecule has 3 rings (SSSR count).